The number of rotatable bonds is 4. The fourth-order valence-corrected chi connectivity index (χ4v) is 1.55. The Morgan fingerprint density at radius 3 is 3.00 bits per heavy atom. The van der Waals surface area contributed by atoms with Gasteiger partial charge in [-0.1, -0.05) is 0 Å². The van der Waals surface area contributed by atoms with Gasteiger partial charge in [0.25, 0.3) is 0 Å². The molecule has 14 heavy (non-hydrogen) atoms. The maximum absolute atomic E-state index is 8.94. The molecular formula is C10H14N2O2. The first-order valence-corrected chi connectivity index (χ1v) is 4.80. The fraction of sp³-hybridized carbons (Fsp3) is 0.600. The smallest absolute Gasteiger partial charge is 0.157 e. The molecule has 0 amide bonds. The van der Waals surface area contributed by atoms with Crippen molar-refractivity contribution < 1.29 is 9.84 Å². The molecule has 1 aliphatic carbocycles. The molecule has 0 saturated heterocycles. The lowest BCUT2D eigenvalue weighted by molar-refractivity contribution is 0.0767. The minimum absolute atomic E-state index is 0.00139. The van der Waals surface area contributed by atoms with Crippen molar-refractivity contribution in [2.24, 2.45) is 5.92 Å². The number of aliphatic hydroxyl groups excluding tert-OH is 1. The molecule has 1 saturated carbocycles. The van der Waals surface area contributed by atoms with Crippen molar-refractivity contribution in [1.29, 1.82) is 0 Å². The Morgan fingerprint density at radius 2 is 2.43 bits per heavy atom. The first-order valence-electron chi connectivity index (χ1n) is 4.80. The highest BCUT2D eigenvalue weighted by molar-refractivity contribution is 5.05. The molecule has 1 heterocycles. The monoisotopic (exact) mass is 194 g/mol. The van der Waals surface area contributed by atoms with E-state index in [4.69, 9.17) is 9.84 Å². The summed E-state index contributed by atoms with van der Waals surface area (Å²) in [5.74, 6) is 1.26. The topological polar surface area (TPSA) is 55.2 Å². The van der Waals surface area contributed by atoms with Gasteiger partial charge in [-0.25, -0.2) is 9.97 Å². The highest BCUT2D eigenvalue weighted by atomic mass is 16.5. The van der Waals surface area contributed by atoms with Gasteiger partial charge in [-0.3, -0.25) is 0 Å². The summed E-state index contributed by atoms with van der Waals surface area (Å²) in [6.07, 6.45) is 4.04. The lowest BCUT2D eigenvalue weighted by atomic mass is 10.2. The van der Waals surface area contributed by atoms with Gasteiger partial charge in [-0.2, -0.15) is 0 Å². The molecule has 1 aliphatic rings. The van der Waals surface area contributed by atoms with Crippen molar-refractivity contribution in [3.8, 4) is 0 Å². The molecule has 0 bridgehead atoms. The lowest BCUT2D eigenvalue weighted by Gasteiger charge is -2.12. The Bertz CT molecular complexity index is 313. The van der Waals surface area contributed by atoms with E-state index in [1.54, 1.807) is 19.4 Å². The van der Waals surface area contributed by atoms with Crippen LogP contribution in [0.2, 0.25) is 0 Å². The molecule has 1 aromatic rings. The summed E-state index contributed by atoms with van der Waals surface area (Å²) in [7, 11) is 1.68. The van der Waals surface area contributed by atoms with Crippen LogP contribution in [0, 0.1) is 5.92 Å². The van der Waals surface area contributed by atoms with Crippen LogP contribution < -0.4 is 0 Å². The van der Waals surface area contributed by atoms with Gasteiger partial charge in [0, 0.05) is 13.3 Å². The van der Waals surface area contributed by atoms with Gasteiger partial charge in [-0.15, -0.1) is 0 Å². The van der Waals surface area contributed by atoms with E-state index in [0.717, 1.165) is 0 Å². The maximum Gasteiger partial charge on any atom is 0.157 e. The van der Waals surface area contributed by atoms with Gasteiger partial charge in [0.05, 0.1) is 12.3 Å². The van der Waals surface area contributed by atoms with Gasteiger partial charge in [0.1, 0.15) is 6.10 Å². The number of aromatic nitrogens is 2. The third kappa shape index (κ3) is 1.91. The Kier molecular flexibility index (Phi) is 2.74. The van der Waals surface area contributed by atoms with E-state index < -0.39 is 0 Å². The predicted molar refractivity (Wildman–Crippen MR) is 50.4 cm³/mol. The third-order valence-corrected chi connectivity index (χ3v) is 2.45. The number of nitrogens with zero attached hydrogens (tertiary/aromatic N) is 2. The number of hydrogen-bond acceptors (Lipinski definition) is 4. The van der Waals surface area contributed by atoms with Crippen molar-refractivity contribution in [3.05, 3.63) is 23.8 Å². The Balaban J connectivity index is 2.20. The van der Waals surface area contributed by atoms with Crippen molar-refractivity contribution in [3.63, 3.8) is 0 Å². The van der Waals surface area contributed by atoms with E-state index in [1.165, 1.54) is 12.8 Å². The van der Waals surface area contributed by atoms with E-state index in [0.29, 0.717) is 17.4 Å². The van der Waals surface area contributed by atoms with Crippen LogP contribution in [0.15, 0.2) is 12.3 Å². The van der Waals surface area contributed by atoms with Gasteiger partial charge in [0.2, 0.25) is 0 Å². The molecule has 76 valence electrons. The van der Waals surface area contributed by atoms with Crippen LogP contribution in [0.1, 0.15) is 30.5 Å². The van der Waals surface area contributed by atoms with Crippen molar-refractivity contribution in [2.75, 3.05) is 7.11 Å². The van der Waals surface area contributed by atoms with E-state index in [-0.39, 0.29) is 12.7 Å². The SMILES string of the molecule is COC(c1nccc(CO)n1)C1CC1. The summed E-state index contributed by atoms with van der Waals surface area (Å²) in [6, 6.07) is 1.71. The molecule has 2 rings (SSSR count). The number of ether oxygens (including phenoxy) is 1. The third-order valence-electron chi connectivity index (χ3n) is 2.45. The molecule has 1 fully saturated rings. The Hall–Kier alpha value is -1.00. The molecule has 0 radical (unpaired) electrons. The minimum Gasteiger partial charge on any atom is -0.390 e. The summed E-state index contributed by atoms with van der Waals surface area (Å²) in [5, 5.41) is 8.94. The summed E-state index contributed by atoms with van der Waals surface area (Å²) < 4.78 is 5.35. The van der Waals surface area contributed by atoms with Crippen LogP contribution in [0.5, 0.6) is 0 Å². The average Bonchev–Trinajstić information content (AvgIpc) is 3.04. The molecule has 1 N–H and O–H groups in total. The molecule has 4 nitrogen and oxygen atoms in total. The summed E-state index contributed by atoms with van der Waals surface area (Å²) >= 11 is 0. The van der Waals surface area contributed by atoms with E-state index >= 15 is 0 Å². The van der Waals surface area contributed by atoms with Crippen LogP contribution in [0.25, 0.3) is 0 Å². The number of aliphatic hydroxyl groups is 1. The first kappa shape index (κ1) is 9.55. The Labute approximate surface area is 83.0 Å². The normalized spacial score (nSPS) is 18.1. The fourth-order valence-electron chi connectivity index (χ4n) is 1.55. The first-order chi connectivity index (χ1) is 6.85. The largest absolute Gasteiger partial charge is 0.390 e. The standard InChI is InChI=1S/C10H14N2O2/c1-14-9(7-2-3-7)10-11-5-4-8(6-13)12-10/h4-5,7,9,13H,2-3,6H2,1H3. The molecule has 4 heteroatoms. The predicted octanol–water partition coefficient (Wildman–Crippen LogP) is 1.07. The zero-order valence-electron chi connectivity index (χ0n) is 8.18. The van der Waals surface area contributed by atoms with Crippen LogP contribution in [0.3, 0.4) is 0 Å². The Morgan fingerprint density at radius 1 is 1.64 bits per heavy atom. The van der Waals surface area contributed by atoms with E-state index in [2.05, 4.69) is 9.97 Å². The molecule has 1 unspecified atom stereocenters. The molecule has 0 aliphatic heterocycles. The molecule has 1 aromatic heterocycles. The molecule has 0 spiro atoms. The summed E-state index contributed by atoms with van der Waals surface area (Å²) in [6.45, 7) is -0.0450. The van der Waals surface area contributed by atoms with E-state index in [1.807, 2.05) is 0 Å². The molecule has 0 aromatic carbocycles. The van der Waals surface area contributed by atoms with Crippen LogP contribution in [-0.4, -0.2) is 22.2 Å². The van der Waals surface area contributed by atoms with Crippen LogP contribution in [0.4, 0.5) is 0 Å². The van der Waals surface area contributed by atoms with Crippen molar-refractivity contribution in [1.82, 2.24) is 9.97 Å². The highest BCUT2D eigenvalue weighted by Gasteiger charge is 2.34. The molecular weight excluding hydrogens is 180 g/mol. The second kappa shape index (κ2) is 4.02. The van der Waals surface area contributed by atoms with E-state index in [9.17, 15) is 0 Å². The van der Waals surface area contributed by atoms with Gasteiger partial charge < -0.3 is 9.84 Å². The van der Waals surface area contributed by atoms with Gasteiger partial charge in [-0.05, 0) is 24.8 Å². The number of hydrogen-bond donors (Lipinski definition) is 1. The second-order valence-electron chi connectivity index (χ2n) is 3.56. The lowest BCUT2D eigenvalue weighted by Crippen LogP contribution is -2.09. The van der Waals surface area contributed by atoms with Crippen molar-refractivity contribution >= 4 is 0 Å². The van der Waals surface area contributed by atoms with Gasteiger partial charge in [0.15, 0.2) is 5.82 Å². The van der Waals surface area contributed by atoms with Crippen LogP contribution in [-0.2, 0) is 11.3 Å². The van der Waals surface area contributed by atoms with Gasteiger partial charge >= 0.3 is 0 Å². The maximum atomic E-state index is 8.94. The van der Waals surface area contributed by atoms with Crippen molar-refractivity contribution in [2.45, 2.75) is 25.6 Å². The zero-order valence-corrected chi connectivity index (χ0v) is 8.18. The van der Waals surface area contributed by atoms with Crippen LogP contribution >= 0.6 is 0 Å². The number of methoxy groups -OCH3 is 1. The molecule has 1 atom stereocenters. The zero-order chi connectivity index (χ0) is 9.97. The highest BCUT2D eigenvalue weighted by Crippen LogP contribution is 2.41. The average molecular weight is 194 g/mol. The quantitative estimate of drug-likeness (QED) is 0.778. The summed E-state index contributed by atoms with van der Waals surface area (Å²) in [5.41, 5.74) is 0.651. The minimum atomic E-state index is -0.0450. The summed E-state index contributed by atoms with van der Waals surface area (Å²) in [4.78, 5) is 8.41. The second-order valence-corrected chi connectivity index (χ2v) is 3.56.